The van der Waals surface area contributed by atoms with E-state index in [0.29, 0.717) is 27.5 Å². The van der Waals surface area contributed by atoms with E-state index in [2.05, 4.69) is 5.32 Å². The number of hydrogen-bond acceptors (Lipinski definition) is 3. The predicted molar refractivity (Wildman–Crippen MR) is 142 cm³/mol. The molecule has 0 saturated carbocycles. The van der Waals surface area contributed by atoms with Gasteiger partial charge in [-0.3, -0.25) is 9.59 Å². The summed E-state index contributed by atoms with van der Waals surface area (Å²) in [5, 5.41) is 13.5. The molecule has 6 heteroatoms. The zero-order valence-corrected chi connectivity index (χ0v) is 20.4. The fraction of sp³-hybridized carbons (Fsp3) is 0.103. The van der Waals surface area contributed by atoms with E-state index in [0.717, 1.165) is 22.3 Å². The van der Waals surface area contributed by atoms with Crippen LogP contribution in [0.15, 0.2) is 84.9 Å². The highest BCUT2D eigenvalue weighted by atomic mass is 35.5. The molecule has 0 unspecified atom stereocenters. The van der Waals surface area contributed by atoms with Crippen molar-refractivity contribution in [2.45, 2.75) is 13.8 Å². The van der Waals surface area contributed by atoms with Crippen LogP contribution in [-0.2, 0) is 0 Å². The minimum Gasteiger partial charge on any atom is -0.506 e. The number of nitrogens with zero attached hydrogens (tertiary/aromatic N) is 1. The summed E-state index contributed by atoms with van der Waals surface area (Å²) in [5.41, 5.74) is 5.51. The smallest absolute Gasteiger partial charge is 0.258 e. The molecule has 2 amide bonds. The van der Waals surface area contributed by atoms with Gasteiger partial charge >= 0.3 is 0 Å². The molecule has 176 valence electrons. The highest BCUT2D eigenvalue weighted by Gasteiger charge is 2.19. The Labute approximate surface area is 209 Å². The quantitative estimate of drug-likeness (QED) is 0.325. The van der Waals surface area contributed by atoms with Crippen LogP contribution in [0, 0.1) is 13.8 Å². The minimum atomic E-state index is -0.298. The molecule has 0 bridgehead atoms. The fourth-order valence-corrected chi connectivity index (χ4v) is 4.09. The number of hydrogen-bond donors (Lipinski definition) is 2. The molecule has 0 aliphatic heterocycles. The molecule has 4 rings (SSSR count). The van der Waals surface area contributed by atoms with E-state index in [1.807, 2.05) is 62.4 Å². The molecular formula is C29H25ClN2O3. The largest absolute Gasteiger partial charge is 0.506 e. The first-order chi connectivity index (χ1) is 16.7. The van der Waals surface area contributed by atoms with Crippen LogP contribution >= 0.6 is 11.6 Å². The molecule has 4 aromatic rings. The summed E-state index contributed by atoms with van der Waals surface area (Å²) in [6.45, 7) is 3.78. The SMILES string of the molecule is Cc1ccc(-c2ccccc2)c(C(=O)Nc2ccc(C(=O)N(C)c3ccc(Cl)cc3O)cc2C)c1. The van der Waals surface area contributed by atoms with Gasteiger partial charge in [-0.1, -0.05) is 59.6 Å². The third kappa shape index (κ3) is 5.20. The Morgan fingerprint density at radius 1 is 0.886 bits per heavy atom. The molecule has 35 heavy (non-hydrogen) atoms. The summed E-state index contributed by atoms with van der Waals surface area (Å²) in [7, 11) is 1.58. The summed E-state index contributed by atoms with van der Waals surface area (Å²) in [6, 6.07) is 25.3. The number of nitrogens with one attached hydrogen (secondary N) is 1. The van der Waals surface area contributed by atoms with E-state index in [4.69, 9.17) is 11.6 Å². The Morgan fingerprint density at radius 3 is 2.31 bits per heavy atom. The van der Waals surface area contributed by atoms with Crippen LogP contribution in [0.4, 0.5) is 11.4 Å². The maximum atomic E-state index is 13.3. The monoisotopic (exact) mass is 484 g/mol. The molecule has 5 nitrogen and oxygen atoms in total. The normalized spacial score (nSPS) is 10.6. The molecule has 0 spiro atoms. The van der Waals surface area contributed by atoms with Crippen LogP contribution in [0.3, 0.4) is 0 Å². The summed E-state index contributed by atoms with van der Waals surface area (Å²) in [5.74, 6) is -0.604. The lowest BCUT2D eigenvalue weighted by atomic mass is 9.97. The van der Waals surface area contributed by atoms with Crippen molar-refractivity contribution in [3.63, 3.8) is 0 Å². The lowest BCUT2D eigenvalue weighted by molar-refractivity contribution is 0.0991. The molecule has 2 N–H and O–H groups in total. The summed E-state index contributed by atoms with van der Waals surface area (Å²) in [6.07, 6.45) is 0. The standard InChI is InChI=1S/C29H25ClN2O3/c1-18-9-12-23(20-7-5-4-6-8-20)24(15-18)28(34)31-25-13-10-21(16-19(25)2)29(35)32(3)26-14-11-22(30)17-27(26)33/h4-17,33H,1-3H3,(H,31,34). The first kappa shape index (κ1) is 24.0. The minimum absolute atomic E-state index is 0.0821. The number of benzene rings is 4. The van der Waals surface area contributed by atoms with Crippen molar-refractivity contribution in [1.29, 1.82) is 0 Å². The molecule has 0 aromatic heterocycles. The number of aromatic hydroxyl groups is 1. The maximum Gasteiger partial charge on any atom is 0.258 e. The average molecular weight is 485 g/mol. The lowest BCUT2D eigenvalue weighted by Gasteiger charge is -2.19. The van der Waals surface area contributed by atoms with Gasteiger partial charge in [0.1, 0.15) is 5.75 Å². The van der Waals surface area contributed by atoms with Crippen molar-refractivity contribution in [2.24, 2.45) is 0 Å². The van der Waals surface area contributed by atoms with Crippen LogP contribution in [0.25, 0.3) is 11.1 Å². The van der Waals surface area contributed by atoms with Crippen LogP contribution in [-0.4, -0.2) is 24.0 Å². The fourth-order valence-electron chi connectivity index (χ4n) is 3.93. The van der Waals surface area contributed by atoms with Gasteiger partial charge in [0.2, 0.25) is 0 Å². The molecule has 0 atom stereocenters. The number of aryl methyl sites for hydroxylation is 2. The number of carbonyl (C=O) groups is 2. The third-order valence-corrected chi connectivity index (χ3v) is 6.06. The second-order valence-corrected chi connectivity index (χ2v) is 8.83. The Hall–Kier alpha value is -4.09. The van der Waals surface area contributed by atoms with Gasteiger partial charge < -0.3 is 15.3 Å². The number of phenols is 1. The van der Waals surface area contributed by atoms with Crippen LogP contribution < -0.4 is 10.2 Å². The lowest BCUT2D eigenvalue weighted by Crippen LogP contribution is -2.26. The van der Waals surface area contributed by atoms with Gasteiger partial charge in [0.25, 0.3) is 11.8 Å². The van der Waals surface area contributed by atoms with Crippen molar-refractivity contribution in [2.75, 3.05) is 17.3 Å². The number of carbonyl (C=O) groups excluding carboxylic acids is 2. The van der Waals surface area contributed by atoms with Crippen LogP contribution in [0.1, 0.15) is 31.8 Å². The topological polar surface area (TPSA) is 69.6 Å². The van der Waals surface area contributed by atoms with E-state index < -0.39 is 0 Å². The van der Waals surface area contributed by atoms with Gasteiger partial charge in [-0.2, -0.15) is 0 Å². The van der Waals surface area contributed by atoms with Gasteiger partial charge in [0.05, 0.1) is 5.69 Å². The van der Waals surface area contributed by atoms with Crippen molar-refractivity contribution in [3.05, 3.63) is 112 Å². The Morgan fingerprint density at radius 2 is 1.63 bits per heavy atom. The van der Waals surface area contributed by atoms with Gasteiger partial charge in [-0.25, -0.2) is 0 Å². The van der Waals surface area contributed by atoms with Crippen LogP contribution in [0.5, 0.6) is 5.75 Å². The molecule has 4 aromatic carbocycles. The molecule has 0 aliphatic rings. The van der Waals surface area contributed by atoms with E-state index in [-0.39, 0.29) is 17.6 Å². The van der Waals surface area contributed by atoms with Crippen LogP contribution in [0.2, 0.25) is 5.02 Å². The van der Waals surface area contributed by atoms with Gasteiger partial charge in [0.15, 0.2) is 0 Å². The van der Waals surface area contributed by atoms with Crippen molar-refractivity contribution < 1.29 is 14.7 Å². The van der Waals surface area contributed by atoms with E-state index in [1.54, 1.807) is 37.4 Å². The molecule has 0 radical (unpaired) electrons. The molecule has 0 heterocycles. The van der Waals surface area contributed by atoms with Gasteiger partial charge in [-0.15, -0.1) is 0 Å². The zero-order chi connectivity index (χ0) is 25.1. The number of phenolic OH excluding ortho intramolecular Hbond substituents is 1. The van der Waals surface area contributed by atoms with Gasteiger partial charge in [-0.05, 0) is 66.9 Å². The number of amides is 2. The third-order valence-electron chi connectivity index (χ3n) is 5.83. The van der Waals surface area contributed by atoms with Crippen molar-refractivity contribution in [3.8, 4) is 16.9 Å². The second-order valence-electron chi connectivity index (χ2n) is 8.40. The van der Waals surface area contributed by atoms with E-state index in [9.17, 15) is 14.7 Å². The predicted octanol–water partition coefficient (Wildman–Crippen LogP) is 6.86. The van der Waals surface area contributed by atoms with Crippen molar-refractivity contribution in [1.82, 2.24) is 0 Å². The maximum absolute atomic E-state index is 13.3. The molecular weight excluding hydrogens is 460 g/mol. The van der Waals surface area contributed by atoms with E-state index in [1.165, 1.54) is 11.0 Å². The molecule has 0 saturated heterocycles. The average Bonchev–Trinajstić information content (AvgIpc) is 2.85. The Bertz CT molecular complexity index is 1420. The highest BCUT2D eigenvalue weighted by molar-refractivity contribution is 6.30. The summed E-state index contributed by atoms with van der Waals surface area (Å²) in [4.78, 5) is 27.6. The highest BCUT2D eigenvalue weighted by Crippen LogP contribution is 2.31. The number of rotatable bonds is 5. The second kappa shape index (κ2) is 10.0. The number of halogens is 1. The van der Waals surface area contributed by atoms with Gasteiger partial charge in [0, 0.05) is 35.0 Å². The molecule has 0 fully saturated rings. The van der Waals surface area contributed by atoms with E-state index >= 15 is 0 Å². The first-order valence-electron chi connectivity index (χ1n) is 11.1. The Balaban J connectivity index is 1.58. The summed E-state index contributed by atoms with van der Waals surface area (Å²) >= 11 is 5.90. The number of anilines is 2. The first-order valence-corrected chi connectivity index (χ1v) is 11.5. The Kier molecular flexibility index (Phi) is 6.90. The zero-order valence-electron chi connectivity index (χ0n) is 19.7. The summed E-state index contributed by atoms with van der Waals surface area (Å²) < 4.78 is 0. The molecule has 0 aliphatic carbocycles. The van der Waals surface area contributed by atoms with Crippen molar-refractivity contribution >= 4 is 34.8 Å².